The van der Waals surface area contributed by atoms with Crippen LogP contribution in [-0.2, 0) is 65.4 Å². The Balaban J connectivity index is 5.43. The van der Waals surface area contributed by atoms with Gasteiger partial charge in [-0.2, -0.15) is 0 Å². The quantitative estimate of drug-likeness (QED) is 0.0169. The van der Waals surface area contributed by atoms with Crippen LogP contribution in [0.1, 0.15) is 310 Å². The molecule has 0 saturated heterocycles. The molecule has 0 bridgehead atoms. The Labute approximate surface area is 642 Å². The lowest BCUT2D eigenvalue weighted by Gasteiger charge is -2.21. The molecule has 3 N–H and O–H groups in total. The normalized spacial score (nSPS) is 14.7. The van der Waals surface area contributed by atoms with E-state index in [0.717, 1.165) is 212 Å². The number of unbranched alkanes of at least 4 members (excludes halogenated alkanes) is 23. The van der Waals surface area contributed by atoms with E-state index in [2.05, 4.69) is 186 Å². The van der Waals surface area contributed by atoms with Gasteiger partial charge in [0.15, 0.2) is 12.2 Å². The zero-order valence-electron chi connectivity index (χ0n) is 66.1. The number of rotatable bonds is 75. The fraction of sp³-hybridized carbons (Fsp3) is 0.655. The predicted molar refractivity (Wildman–Crippen MR) is 436 cm³/mol. The standard InChI is InChI=1S/C87H144O17P2/c1-5-9-13-17-21-25-29-33-37-39-40-42-46-48-52-56-60-64-68-72-85(90)98-78-83(104-87(92)74-70-66-62-58-54-50-44-36-32-28-24-20-16-12-8-4)80-102-106(95,96)100-76-81(88)75-99-105(93,94)101-79-82(103-86(91)73-69-65-61-57-53-49-43-35-31-27-23-19-15-11-7-3)77-97-84(89)71-67-63-59-55-51-47-45-41-38-34-30-26-22-18-14-10-6-2/h9-10,12-14,16,21-28,33-38,40,42-44,48,52,81-83,88H,5-8,11,15,17-20,29-32,39,41,45-47,49-51,53-80H2,1-4H3,(H,93,94)(H,95,96)/b13-9-,14-10-,16-12-,25-21-,26-22-,27-23-,28-24-,37-33-,38-34-,42-40-,43-35-,44-36-,52-48-. The highest BCUT2D eigenvalue weighted by Gasteiger charge is 2.30. The van der Waals surface area contributed by atoms with E-state index in [-0.39, 0.29) is 25.7 Å². The Morgan fingerprint density at radius 2 is 0.491 bits per heavy atom. The highest BCUT2D eigenvalue weighted by Crippen LogP contribution is 2.45. The van der Waals surface area contributed by atoms with E-state index in [1.165, 1.54) is 19.3 Å². The van der Waals surface area contributed by atoms with Crippen LogP contribution in [0.5, 0.6) is 0 Å². The Morgan fingerprint density at radius 3 is 0.764 bits per heavy atom. The molecule has 5 atom stereocenters. The SMILES string of the molecule is CC/C=C\C/C=C\C/C=C\C/C=C\C/C=C\CCCCCC(=O)OCC(COP(=O)(O)OCC(O)COP(=O)(O)OCC(COC(=O)CCCCCCCCC/C=C\C/C=C\C/C=C\CC)OC(=O)CCCCCCC/C=C\C/C=C\CCCCC)OC(=O)CCCCCCC/C=C\C/C=C\C/C=C\CC. The van der Waals surface area contributed by atoms with Crippen LogP contribution in [0.3, 0.4) is 0 Å². The number of hydrogen-bond donors (Lipinski definition) is 3. The van der Waals surface area contributed by atoms with Crippen molar-refractivity contribution in [3.8, 4) is 0 Å². The van der Waals surface area contributed by atoms with Crippen LogP contribution < -0.4 is 0 Å². The number of phosphoric acid groups is 2. The molecule has 0 aromatic rings. The minimum absolute atomic E-state index is 0.0624. The van der Waals surface area contributed by atoms with Crippen molar-refractivity contribution in [3.05, 3.63) is 158 Å². The zero-order valence-corrected chi connectivity index (χ0v) is 67.8. The maximum Gasteiger partial charge on any atom is 0.472 e. The van der Waals surface area contributed by atoms with Gasteiger partial charge in [-0.15, -0.1) is 0 Å². The van der Waals surface area contributed by atoms with Crippen molar-refractivity contribution in [1.29, 1.82) is 0 Å². The van der Waals surface area contributed by atoms with Crippen molar-refractivity contribution in [2.75, 3.05) is 39.6 Å². The fourth-order valence-electron chi connectivity index (χ4n) is 10.4. The van der Waals surface area contributed by atoms with Gasteiger partial charge in [0.2, 0.25) is 0 Å². The van der Waals surface area contributed by atoms with Crippen LogP contribution in [0.25, 0.3) is 0 Å². The summed E-state index contributed by atoms with van der Waals surface area (Å²) >= 11 is 0. The molecule has 0 aromatic heterocycles. The molecule has 0 heterocycles. The summed E-state index contributed by atoms with van der Waals surface area (Å²) in [6.07, 6.45) is 90.7. The third kappa shape index (κ3) is 76.9. The monoisotopic (exact) mass is 1520 g/mol. The minimum Gasteiger partial charge on any atom is -0.462 e. The molecule has 0 saturated carbocycles. The molecule has 0 aliphatic heterocycles. The maximum atomic E-state index is 13.1. The van der Waals surface area contributed by atoms with Gasteiger partial charge in [-0.3, -0.25) is 37.3 Å². The van der Waals surface area contributed by atoms with Gasteiger partial charge >= 0.3 is 39.5 Å². The number of phosphoric ester groups is 2. The largest absolute Gasteiger partial charge is 0.472 e. The van der Waals surface area contributed by atoms with Crippen LogP contribution in [0.2, 0.25) is 0 Å². The van der Waals surface area contributed by atoms with Crippen molar-refractivity contribution < 1.29 is 80.2 Å². The topological polar surface area (TPSA) is 237 Å². The van der Waals surface area contributed by atoms with E-state index >= 15 is 0 Å². The number of hydrogen-bond acceptors (Lipinski definition) is 15. The molecule has 0 fully saturated rings. The molecule has 0 amide bonds. The number of carbonyl (C=O) groups is 4. The van der Waals surface area contributed by atoms with Crippen LogP contribution in [0, 0.1) is 0 Å². The van der Waals surface area contributed by atoms with Crippen LogP contribution in [0.4, 0.5) is 0 Å². The van der Waals surface area contributed by atoms with Gasteiger partial charge in [0.1, 0.15) is 19.3 Å². The molecule has 0 aromatic carbocycles. The summed E-state index contributed by atoms with van der Waals surface area (Å²) in [5.41, 5.74) is 0. The Hall–Kier alpha value is -5.32. The summed E-state index contributed by atoms with van der Waals surface area (Å²) in [5.74, 6) is -2.26. The van der Waals surface area contributed by atoms with Crippen molar-refractivity contribution in [1.82, 2.24) is 0 Å². The lowest BCUT2D eigenvalue weighted by molar-refractivity contribution is -0.161. The molecular weight excluding hydrogens is 1380 g/mol. The van der Waals surface area contributed by atoms with Gasteiger partial charge in [0.05, 0.1) is 26.4 Å². The average molecular weight is 1520 g/mol. The zero-order chi connectivity index (χ0) is 77.4. The summed E-state index contributed by atoms with van der Waals surface area (Å²) in [7, 11) is -9.99. The maximum absolute atomic E-state index is 13.1. The number of carbonyl (C=O) groups excluding carboxylic acids is 4. The molecule has 17 nitrogen and oxygen atoms in total. The number of esters is 4. The summed E-state index contributed by atoms with van der Waals surface area (Å²) in [6, 6.07) is 0. The molecule has 0 aliphatic carbocycles. The van der Waals surface area contributed by atoms with Gasteiger partial charge in [0.25, 0.3) is 0 Å². The molecule has 0 aliphatic rings. The fourth-order valence-corrected chi connectivity index (χ4v) is 11.9. The van der Waals surface area contributed by atoms with Gasteiger partial charge in [-0.05, 0) is 167 Å². The first-order valence-electron chi connectivity index (χ1n) is 40.7. The summed E-state index contributed by atoms with van der Waals surface area (Å²) < 4.78 is 68.6. The lowest BCUT2D eigenvalue weighted by atomic mass is 10.1. The van der Waals surface area contributed by atoms with Crippen LogP contribution in [0.15, 0.2) is 158 Å². The molecule has 19 heteroatoms. The second kappa shape index (κ2) is 77.8. The van der Waals surface area contributed by atoms with Crippen molar-refractivity contribution in [2.45, 2.75) is 329 Å². The first-order chi connectivity index (χ1) is 51.7. The Kier molecular flexibility index (Phi) is 73.9. The van der Waals surface area contributed by atoms with Crippen LogP contribution >= 0.6 is 15.6 Å². The van der Waals surface area contributed by atoms with E-state index in [4.69, 9.17) is 37.0 Å². The van der Waals surface area contributed by atoms with Gasteiger partial charge in [-0.1, -0.05) is 276 Å². The van der Waals surface area contributed by atoms with E-state index in [1.807, 2.05) is 0 Å². The van der Waals surface area contributed by atoms with Crippen LogP contribution in [-0.4, -0.2) is 96.7 Å². The smallest absolute Gasteiger partial charge is 0.462 e. The summed E-state index contributed by atoms with van der Waals surface area (Å²) in [5, 5.41) is 10.7. The first kappa shape index (κ1) is 101. The van der Waals surface area contributed by atoms with Crippen molar-refractivity contribution in [2.24, 2.45) is 0 Å². The lowest BCUT2D eigenvalue weighted by Crippen LogP contribution is -2.30. The Bertz CT molecular complexity index is 2630. The molecule has 5 unspecified atom stereocenters. The molecule has 0 spiro atoms. The highest BCUT2D eigenvalue weighted by molar-refractivity contribution is 7.47. The van der Waals surface area contributed by atoms with E-state index in [1.54, 1.807) is 0 Å². The van der Waals surface area contributed by atoms with Crippen molar-refractivity contribution in [3.63, 3.8) is 0 Å². The van der Waals surface area contributed by atoms with E-state index in [0.29, 0.717) is 25.7 Å². The van der Waals surface area contributed by atoms with Gasteiger partial charge in [0, 0.05) is 25.7 Å². The summed E-state index contributed by atoms with van der Waals surface area (Å²) in [4.78, 5) is 73.1. The number of ether oxygens (including phenoxy) is 4. The van der Waals surface area contributed by atoms with E-state index in [9.17, 15) is 43.2 Å². The number of aliphatic hydroxyl groups excluding tert-OH is 1. The van der Waals surface area contributed by atoms with Gasteiger partial charge in [-0.25, -0.2) is 9.13 Å². The Morgan fingerprint density at radius 1 is 0.274 bits per heavy atom. The van der Waals surface area contributed by atoms with Gasteiger partial charge < -0.3 is 33.8 Å². The molecule has 604 valence electrons. The third-order valence-electron chi connectivity index (χ3n) is 16.5. The van der Waals surface area contributed by atoms with Crippen molar-refractivity contribution >= 4 is 39.5 Å². The molecule has 0 radical (unpaired) electrons. The third-order valence-corrected chi connectivity index (χ3v) is 18.4. The molecular formula is C87H144O17P2. The van der Waals surface area contributed by atoms with E-state index < -0.39 is 97.5 Å². The molecule has 0 rings (SSSR count). The summed E-state index contributed by atoms with van der Waals surface area (Å²) in [6.45, 7) is 4.43. The second-order valence-corrected chi connectivity index (χ2v) is 29.5. The number of allylic oxidation sites excluding steroid dienone is 26. The minimum atomic E-state index is -5.00. The second-order valence-electron chi connectivity index (χ2n) is 26.6. The number of aliphatic hydroxyl groups is 1. The molecule has 106 heavy (non-hydrogen) atoms. The highest BCUT2D eigenvalue weighted by atomic mass is 31.2. The predicted octanol–water partition coefficient (Wildman–Crippen LogP) is 24.0. The first-order valence-corrected chi connectivity index (χ1v) is 43.7. The average Bonchev–Trinajstić information content (AvgIpc) is 0.909.